The molecule has 19 heavy (non-hydrogen) atoms. The maximum Gasteiger partial charge on any atom is 0.335 e. The molecule has 2 rings (SSSR count). The van der Waals surface area contributed by atoms with Crippen molar-refractivity contribution < 1.29 is 18.8 Å². The van der Waals surface area contributed by atoms with Crippen molar-refractivity contribution in [3.8, 4) is 0 Å². The fraction of sp³-hybridized carbons (Fsp3) is 0.182. The van der Waals surface area contributed by atoms with Crippen LogP contribution in [0.2, 0.25) is 5.02 Å². The normalized spacial score (nSPS) is 19.7. The van der Waals surface area contributed by atoms with E-state index in [9.17, 15) is 18.8 Å². The first-order chi connectivity index (χ1) is 8.82. The van der Waals surface area contributed by atoms with Gasteiger partial charge in [0, 0.05) is 9.50 Å². The Bertz CT molecular complexity index is 608. The van der Waals surface area contributed by atoms with E-state index in [4.69, 9.17) is 11.6 Å². The summed E-state index contributed by atoms with van der Waals surface area (Å²) < 4.78 is 13.8. The number of rotatable bonds is 1. The first-order valence-electron chi connectivity index (χ1n) is 5.11. The van der Waals surface area contributed by atoms with Crippen molar-refractivity contribution in [2.45, 2.75) is 13.1 Å². The summed E-state index contributed by atoms with van der Waals surface area (Å²) in [5, 5.41) is 2.07. The van der Waals surface area contributed by atoms with Crippen LogP contribution in [0.25, 0.3) is 0 Å². The van der Waals surface area contributed by atoms with Gasteiger partial charge < -0.3 is 0 Å². The molecule has 5 nitrogen and oxygen atoms in total. The fourth-order valence-electron chi connectivity index (χ4n) is 1.59. The number of nitrogens with one attached hydrogen (secondary N) is 1. The molecule has 1 N–H and O–H groups in total. The number of nitrogens with zero attached hydrogens (tertiary/aromatic N) is 1. The number of hydrogen-bond acceptors (Lipinski definition) is 3. The molecule has 1 saturated heterocycles. The highest BCUT2D eigenvalue weighted by Crippen LogP contribution is 2.33. The first-order valence-corrected chi connectivity index (χ1v) is 6.28. The Morgan fingerprint density at radius 2 is 2.00 bits per heavy atom. The monoisotopic (exact) mass is 348 g/mol. The molecule has 4 amide bonds. The van der Waals surface area contributed by atoms with Gasteiger partial charge in [-0.3, -0.25) is 14.9 Å². The molecule has 0 radical (unpaired) electrons. The van der Waals surface area contributed by atoms with Gasteiger partial charge in [0.1, 0.15) is 0 Å². The van der Waals surface area contributed by atoms with E-state index in [2.05, 4.69) is 15.9 Å². The van der Waals surface area contributed by atoms with Crippen LogP contribution in [0.1, 0.15) is 5.56 Å². The topological polar surface area (TPSA) is 66.5 Å². The van der Waals surface area contributed by atoms with Crippen molar-refractivity contribution in [1.29, 1.82) is 0 Å². The number of barbiturate groups is 1. The van der Waals surface area contributed by atoms with Crippen LogP contribution in [0.5, 0.6) is 0 Å². The molecule has 1 atom stereocenters. The number of anilines is 1. The highest BCUT2D eigenvalue weighted by atomic mass is 79.9. The van der Waals surface area contributed by atoms with E-state index in [1.807, 2.05) is 0 Å². The summed E-state index contributed by atoms with van der Waals surface area (Å²) in [5.41, 5.74) is 0.795. The van der Waals surface area contributed by atoms with Gasteiger partial charge in [-0.25, -0.2) is 14.1 Å². The molecule has 1 unspecified atom stereocenters. The first kappa shape index (κ1) is 14.0. The molecular weight excluding hydrogens is 342 g/mol. The lowest BCUT2D eigenvalue weighted by molar-refractivity contribution is -0.135. The molecule has 100 valence electrons. The third kappa shape index (κ3) is 2.35. The molecule has 1 aliphatic heterocycles. The molecule has 0 aliphatic carbocycles. The lowest BCUT2D eigenvalue weighted by Crippen LogP contribution is -2.59. The molecule has 0 aromatic heterocycles. The average Bonchev–Trinajstić information content (AvgIpc) is 2.33. The van der Waals surface area contributed by atoms with Gasteiger partial charge in [0.2, 0.25) is 0 Å². The lowest BCUT2D eigenvalue weighted by atomic mass is 10.2. The van der Waals surface area contributed by atoms with E-state index < -0.39 is 24.0 Å². The number of urea groups is 1. The highest BCUT2D eigenvalue weighted by Gasteiger charge is 2.42. The van der Waals surface area contributed by atoms with Gasteiger partial charge >= 0.3 is 6.03 Å². The van der Waals surface area contributed by atoms with Crippen molar-refractivity contribution in [1.82, 2.24) is 5.32 Å². The molecule has 1 fully saturated rings. The quantitative estimate of drug-likeness (QED) is 0.791. The molecular formula is C11H7BrClFN2O3. The zero-order valence-electron chi connectivity index (χ0n) is 9.54. The van der Waals surface area contributed by atoms with Gasteiger partial charge in [-0.15, -0.1) is 0 Å². The minimum Gasteiger partial charge on any atom is -0.274 e. The molecule has 8 heteroatoms. The molecule has 0 bridgehead atoms. The van der Waals surface area contributed by atoms with E-state index >= 15 is 0 Å². The minimum absolute atomic E-state index is 0.0771. The zero-order valence-corrected chi connectivity index (χ0v) is 11.9. The molecule has 1 heterocycles. The summed E-state index contributed by atoms with van der Waals surface area (Å²) in [4.78, 5) is 34.9. The highest BCUT2D eigenvalue weighted by molar-refractivity contribution is 9.10. The summed E-state index contributed by atoms with van der Waals surface area (Å²) in [6.45, 7) is 1.73. The van der Waals surface area contributed by atoms with Gasteiger partial charge in [0.25, 0.3) is 18.0 Å². The van der Waals surface area contributed by atoms with Crippen LogP contribution in [0.4, 0.5) is 14.9 Å². The third-order valence-electron chi connectivity index (χ3n) is 2.57. The number of hydrogen-bond donors (Lipinski definition) is 1. The van der Waals surface area contributed by atoms with Crippen molar-refractivity contribution in [2.75, 3.05) is 4.90 Å². The summed E-state index contributed by atoms with van der Waals surface area (Å²) in [7, 11) is 0. The van der Waals surface area contributed by atoms with Gasteiger partial charge in [-0.05, 0) is 40.5 Å². The van der Waals surface area contributed by atoms with Gasteiger partial charge in [0.15, 0.2) is 0 Å². The molecule has 1 aliphatic rings. The van der Waals surface area contributed by atoms with Crippen LogP contribution < -0.4 is 10.2 Å². The van der Waals surface area contributed by atoms with E-state index in [0.29, 0.717) is 14.4 Å². The van der Waals surface area contributed by atoms with E-state index in [1.54, 1.807) is 18.3 Å². The summed E-state index contributed by atoms with van der Waals surface area (Å²) >= 11 is 9.08. The summed E-state index contributed by atoms with van der Waals surface area (Å²) in [6.07, 6.45) is -2.41. The largest absolute Gasteiger partial charge is 0.335 e. The Kier molecular flexibility index (Phi) is 3.60. The molecule has 1 aromatic rings. The van der Waals surface area contributed by atoms with E-state index in [0.717, 1.165) is 5.56 Å². The van der Waals surface area contributed by atoms with Crippen LogP contribution in [-0.4, -0.2) is 24.0 Å². The van der Waals surface area contributed by atoms with E-state index in [-0.39, 0.29) is 5.69 Å². The van der Waals surface area contributed by atoms with Crippen molar-refractivity contribution >= 4 is 51.1 Å². The Labute approximate surface area is 120 Å². The predicted molar refractivity (Wildman–Crippen MR) is 69.8 cm³/mol. The minimum atomic E-state index is -2.41. The fourth-order valence-corrected chi connectivity index (χ4v) is 2.38. The Balaban J connectivity index is 2.52. The lowest BCUT2D eigenvalue weighted by Gasteiger charge is -2.27. The van der Waals surface area contributed by atoms with Gasteiger partial charge in [-0.1, -0.05) is 11.6 Å². The third-order valence-corrected chi connectivity index (χ3v) is 3.61. The Morgan fingerprint density at radius 1 is 1.37 bits per heavy atom. The second-order valence-electron chi connectivity index (χ2n) is 3.88. The van der Waals surface area contributed by atoms with Crippen LogP contribution in [0, 0.1) is 6.92 Å². The predicted octanol–water partition coefficient (Wildman–Crippen LogP) is 2.33. The van der Waals surface area contributed by atoms with E-state index in [1.165, 1.54) is 6.07 Å². The van der Waals surface area contributed by atoms with Crippen molar-refractivity contribution in [3.63, 3.8) is 0 Å². The van der Waals surface area contributed by atoms with Gasteiger partial charge in [0.05, 0.1) is 5.69 Å². The number of aryl methyl sites for hydroxylation is 1. The van der Waals surface area contributed by atoms with Crippen molar-refractivity contribution in [2.24, 2.45) is 0 Å². The van der Waals surface area contributed by atoms with Gasteiger partial charge in [-0.2, -0.15) is 0 Å². The maximum atomic E-state index is 13.4. The summed E-state index contributed by atoms with van der Waals surface area (Å²) in [5.74, 6) is -2.50. The summed E-state index contributed by atoms with van der Waals surface area (Å²) in [6, 6.07) is 1.92. The van der Waals surface area contributed by atoms with Crippen molar-refractivity contribution in [3.05, 3.63) is 27.2 Å². The number of alkyl halides is 1. The average molecular weight is 350 g/mol. The van der Waals surface area contributed by atoms with Crippen LogP contribution in [0.3, 0.4) is 0 Å². The maximum absolute atomic E-state index is 13.4. The number of amides is 4. The van der Waals surface area contributed by atoms with Crippen LogP contribution >= 0.6 is 27.5 Å². The SMILES string of the molecule is Cc1cc(Br)c(N2C(=O)NC(=O)C(F)C2=O)cc1Cl. The smallest absolute Gasteiger partial charge is 0.274 e. The Morgan fingerprint density at radius 3 is 2.63 bits per heavy atom. The molecule has 0 saturated carbocycles. The molecule has 0 spiro atoms. The number of benzene rings is 1. The number of carbonyl (C=O) groups excluding carboxylic acids is 3. The van der Waals surface area contributed by atoms with Crippen LogP contribution in [0.15, 0.2) is 16.6 Å². The molecule has 1 aromatic carbocycles. The Hall–Kier alpha value is -1.47. The zero-order chi connectivity index (χ0) is 14.3. The second kappa shape index (κ2) is 4.90. The second-order valence-corrected chi connectivity index (χ2v) is 5.14. The standard InChI is InChI=1S/C11H7BrClFN2O3/c1-4-2-5(12)7(3-6(4)13)16-10(18)8(14)9(17)15-11(16)19/h2-3,8H,1H3,(H,15,17,19). The number of carbonyl (C=O) groups is 3. The number of halogens is 3. The number of imide groups is 2. The van der Waals surface area contributed by atoms with Crippen LogP contribution in [-0.2, 0) is 9.59 Å².